The van der Waals surface area contributed by atoms with E-state index in [1.54, 1.807) is 0 Å². The Bertz CT molecular complexity index is 1810. The van der Waals surface area contributed by atoms with E-state index < -0.39 is 0 Å². The van der Waals surface area contributed by atoms with Gasteiger partial charge in [0.05, 0.1) is 5.52 Å². The molecular formula is C32H30BrN3. The lowest BCUT2D eigenvalue weighted by molar-refractivity contribution is 0.436. The van der Waals surface area contributed by atoms with E-state index in [4.69, 9.17) is 0 Å². The van der Waals surface area contributed by atoms with Gasteiger partial charge in [0.1, 0.15) is 0 Å². The highest BCUT2D eigenvalue weighted by atomic mass is 79.9. The van der Waals surface area contributed by atoms with Crippen molar-refractivity contribution in [3.8, 4) is 0 Å². The van der Waals surface area contributed by atoms with Crippen molar-refractivity contribution in [2.45, 2.75) is 31.1 Å². The van der Waals surface area contributed by atoms with Crippen molar-refractivity contribution in [1.82, 2.24) is 13.7 Å². The van der Waals surface area contributed by atoms with Crippen LogP contribution in [0.1, 0.15) is 48.1 Å². The lowest BCUT2D eigenvalue weighted by Crippen LogP contribution is -2.31. The van der Waals surface area contributed by atoms with Crippen molar-refractivity contribution < 1.29 is 0 Å². The summed E-state index contributed by atoms with van der Waals surface area (Å²) in [5.74, 6) is 0.360. The molecule has 7 rings (SSSR count). The van der Waals surface area contributed by atoms with Crippen LogP contribution < -0.4 is 0 Å². The van der Waals surface area contributed by atoms with Gasteiger partial charge in [-0.3, -0.25) is 0 Å². The number of halogens is 1. The van der Waals surface area contributed by atoms with Crippen LogP contribution in [0.2, 0.25) is 0 Å². The molecule has 0 saturated carbocycles. The van der Waals surface area contributed by atoms with Gasteiger partial charge in [-0.25, -0.2) is 0 Å². The van der Waals surface area contributed by atoms with Gasteiger partial charge in [-0.05, 0) is 63.7 Å². The Morgan fingerprint density at radius 2 is 1.47 bits per heavy atom. The maximum absolute atomic E-state index is 3.82. The normalized spacial score (nSPS) is 20.0. The highest BCUT2D eigenvalue weighted by Crippen LogP contribution is 2.54. The fraction of sp³-hybridized carbons (Fsp3) is 0.250. The predicted octanol–water partition coefficient (Wildman–Crippen LogP) is 8.16. The number of aromatic nitrogens is 3. The zero-order valence-electron chi connectivity index (χ0n) is 21.2. The SMILES string of the molecule is Cn1cc(C2CCC(C)(c3cn(C)c4c(Br)cccc34)c3c2n(C)c2ccccc32)c2ccccc21. The lowest BCUT2D eigenvalue weighted by Gasteiger charge is -2.39. The third kappa shape index (κ3) is 2.79. The topological polar surface area (TPSA) is 14.8 Å². The van der Waals surface area contributed by atoms with Crippen molar-refractivity contribution >= 4 is 48.6 Å². The summed E-state index contributed by atoms with van der Waals surface area (Å²) in [6.07, 6.45) is 6.97. The predicted molar refractivity (Wildman–Crippen MR) is 154 cm³/mol. The molecule has 0 radical (unpaired) electrons. The van der Waals surface area contributed by atoms with Gasteiger partial charge in [-0.15, -0.1) is 0 Å². The van der Waals surface area contributed by atoms with Crippen molar-refractivity contribution in [2.75, 3.05) is 0 Å². The highest BCUT2D eigenvalue weighted by molar-refractivity contribution is 9.10. The average Bonchev–Trinajstić information content (AvgIpc) is 3.51. The molecule has 0 spiro atoms. The minimum absolute atomic E-state index is 0.0857. The number of aryl methyl sites for hydroxylation is 3. The molecule has 2 atom stereocenters. The second-order valence-corrected chi connectivity index (χ2v) is 11.6. The number of hydrogen-bond donors (Lipinski definition) is 0. The van der Waals surface area contributed by atoms with Crippen LogP contribution in [0.15, 0.2) is 83.6 Å². The van der Waals surface area contributed by atoms with Crippen molar-refractivity contribution in [2.24, 2.45) is 21.1 Å². The zero-order chi connectivity index (χ0) is 24.8. The van der Waals surface area contributed by atoms with E-state index in [1.165, 1.54) is 55.1 Å². The Labute approximate surface area is 220 Å². The molecule has 4 heteroatoms. The second kappa shape index (κ2) is 7.63. The molecule has 0 bridgehead atoms. The molecule has 180 valence electrons. The molecule has 0 aliphatic heterocycles. The highest BCUT2D eigenvalue weighted by Gasteiger charge is 2.43. The first kappa shape index (κ1) is 22.0. The maximum atomic E-state index is 3.82. The van der Waals surface area contributed by atoms with Gasteiger partial charge < -0.3 is 13.7 Å². The number of hydrogen-bond acceptors (Lipinski definition) is 0. The molecule has 2 unspecified atom stereocenters. The number of para-hydroxylation sites is 3. The van der Waals surface area contributed by atoms with Gasteiger partial charge in [-0.2, -0.15) is 0 Å². The first-order valence-corrected chi connectivity index (χ1v) is 13.5. The van der Waals surface area contributed by atoms with Crippen LogP contribution >= 0.6 is 15.9 Å². The summed E-state index contributed by atoms with van der Waals surface area (Å²) in [5.41, 5.74) is 9.65. The van der Waals surface area contributed by atoms with E-state index in [1.807, 2.05) is 0 Å². The summed E-state index contributed by atoms with van der Waals surface area (Å²) in [4.78, 5) is 0. The molecule has 3 nitrogen and oxygen atoms in total. The molecule has 36 heavy (non-hydrogen) atoms. The van der Waals surface area contributed by atoms with Crippen LogP contribution in [0.25, 0.3) is 32.7 Å². The van der Waals surface area contributed by atoms with E-state index >= 15 is 0 Å². The molecule has 0 saturated heterocycles. The maximum Gasteiger partial charge on any atom is 0.0625 e. The molecule has 0 amide bonds. The molecule has 3 aromatic heterocycles. The van der Waals surface area contributed by atoms with Crippen molar-refractivity contribution in [3.63, 3.8) is 0 Å². The smallest absolute Gasteiger partial charge is 0.0625 e. The van der Waals surface area contributed by atoms with Crippen LogP contribution in [0.4, 0.5) is 0 Å². The molecule has 1 aliphatic rings. The van der Waals surface area contributed by atoms with Crippen LogP contribution in [-0.4, -0.2) is 13.7 Å². The molecule has 3 heterocycles. The fourth-order valence-electron chi connectivity index (χ4n) is 7.18. The molecule has 0 N–H and O–H groups in total. The van der Waals surface area contributed by atoms with Crippen LogP contribution in [0.5, 0.6) is 0 Å². The monoisotopic (exact) mass is 535 g/mol. The first-order chi connectivity index (χ1) is 17.4. The van der Waals surface area contributed by atoms with Gasteiger partial charge in [0.15, 0.2) is 0 Å². The largest absolute Gasteiger partial charge is 0.350 e. The minimum atomic E-state index is -0.0857. The fourth-order valence-corrected chi connectivity index (χ4v) is 7.82. The van der Waals surface area contributed by atoms with Gasteiger partial charge >= 0.3 is 0 Å². The number of nitrogens with zero attached hydrogens (tertiary/aromatic N) is 3. The molecule has 1 aliphatic carbocycles. The number of rotatable bonds is 2. The summed E-state index contributed by atoms with van der Waals surface area (Å²) < 4.78 is 8.22. The van der Waals surface area contributed by atoms with E-state index in [-0.39, 0.29) is 5.41 Å². The molecule has 0 fully saturated rings. The quantitative estimate of drug-likeness (QED) is 0.212. The van der Waals surface area contributed by atoms with Crippen molar-refractivity contribution in [3.05, 3.63) is 106 Å². The Kier molecular flexibility index (Phi) is 4.66. The van der Waals surface area contributed by atoms with Crippen LogP contribution in [0.3, 0.4) is 0 Å². The third-order valence-corrected chi connectivity index (χ3v) is 9.46. The minimum Gasteiger partial charge on any atom is -0.350 e. The summed E-state index contributed by atoms with van der Waals surface area (Å²) in [7, 11) is 6.62. The van der Waals surface area contributed by atoms with E-state index in [0.717, 1.165) is 17.3 Å². The zero-order valence-corrected chi connectivity index (χ0v) is 22.8. The van der Waals surface area contributed by atoms with E-state index in [9.17, 15) is 0 Å². The number of benzene rings is 3. The van der Waals surface area contributed by atoms with Gasteiger partial charge in [0.2, 0.25) is 0 Å². The Morgan fingerprint density at radius 3 is 2.28 bits per heavy atom. The van der Waals surface area contributed by atoms with E-state index in [2.05, 4.69) is 137 Å². The Morgan fingerprint density at radius 1 is 0.778 bits per heavy atom. The average molecular weight is 537 g/mol. The molecular weight excluding hydrogens is 506 g/mol. The Hall–Kier alpha value is -3.24. The van der Waals surface area contributed by atoms with E-state index in [0.29, 0.717) is 5.92 Å². The number of fused-ring (bicyclic) bond motifs is 5. The van der Waals surface area contributed by atoms with Crippen LogP contribution in [-0.2, 0) is 26.6 Å². The first-order valence-electron chi connectivity index (χ1n) is 12.8. The van der Waals surface area contributed by atoms with Gasteiger partial charge in [-0.1, -0.05) is 55.5 Å². The standard InChI is InChI=1S/C32H30BrN3/c1-32(25-19-35(3)30-22(25)12-9-13-26(30)33)17-16-21(24-18-34(2)27-14-7-5-10-20(24)27)31-29(32)23-11-6-8-15-28(23)36(31)4/h5-15,18-19,21H,16-17H2,1-4H3. The molecule has 6 aromatic rings. The second-order valence-electron chi connectivity index (χ2n) is 10.8. The van der Waals surface area contributed by atoms with Gasteiger partial charge in [0.25, 0.3) is 0 Å². The molecule has 3 aromatic carbocycles. The summed E-state index contributed by atoms with van der Waals surface area (Å²) in [5, 5.41) is 4.10. The van der Waals surface area contributed by atoms with Crippen molar-refractivity contribution in [1.29, 1.82) is 0 Å². The summed E-state index contributed by atoms with van der Waals surface area (Å²) in [6.45, 7) is 2.48. The van der Waals surface area contributed by atoms with Crippen LogP contribution in [0, 0.1) is 0 Å². The lowest BCUT2D eigenvalue weighted by atomic mass is 9.64. The summed E-state index contributed by atoms with van der Waals surface area (Å²) in [6, 6.07) is 24.5. The van der Waals surface area contributed by atoms with Gasteiger partial charge in [0, 0.05) is 82.2 Å². The third-order valence-electron chi connectivity index (χ3n) is 8.82. The Balaban J connectivity index is 1.55. The summed E-state index contributed by atoms with van der Waals surface area (Å²) >= 11 is 3.82.